The third-order valence-electron chi connectivity index (χ3n) is 3.23. The summed E-state index contributed by atoms with van der Waals surface area (Å²) in [7, 11) is 4.34. The summed E-state index contributed by atoms with van der Waals surface area (Å²) in [5.41, 5.74) is 5.77. The zero-order valence-corrected chi connectivity index (χ0v) is 10.6. The molecule has 0 aromatic carbocycles. The SMILES string of the molecule is CC(N)CCN1CCC(CN(C)C)CC1. The van der Waals surface area contributed by atoms with Gasteiger partial charge in [0.2, 0.25) is 0 Å². The molecule has 1 heterocycles. The van der Waals surface area contributed by atoms with E-state index < -0.39 is 0 Å². The number of hydrogen-bond donors (Lipinski definition) is 1. The van der Waals surface area contributed by atoms with Crippen molar-refractivity contribution < 1.29 is 0 Å². The quantitative estimate of drug-likeness (QED) is 0.739. The number of rotatable bonds is 5. The normalized spacial score (nSPS) is 22.2. The molecule has 0 radical (unpaired) electrons. The maximum atomic E-state index is 5.77. The Bertz CT molecular complexity index is 160. The van der Waals surface area contributed by atoms with Gasteiger partial charge in [0.1, 0.15) is 0 Å². The van der Waals surface area contributed by atoms with Crippen LogP contribution in [0.3, 0.4) is 0 Å². The fourth-order valence-electron chi connectivity index (χ4n) is 2.30. The first kappa shape index (κ1) is 12.9. The van der Waals surface area contributed by atoms with Crippen molar-refractivity contribution in [3.63, 3.8) is 0 Å². The Morgan fingerprint density at radius 1 is 1.33 bits per heavy atom. The van der Waals surface area contributed by atoms with Gasteiger partial charge in [-0.05, 0) is 65.8 Å². The van der Waals surface area contributed by atoms with Crippen LogP contribution in [0.4, 0.5) is 0 Å². The minimum atomic E-state index is 0.351. The van der Waals surface area contributed by atoms with E-state index in [9.17, 15) is 0 Å². The minimum absolute atomic E-state index is 0.351. The summed E-state index contributed by atoms with van der Waals surface area (Å²) in [6, 6.07) is 0.351. The van der Waals surface area contributed by atoms with Crippen LogP contribution >= 0.6 is 0 Å². The first-order chi connectivity index (χ1) is 7.08. The molecule has 15 heavy (non-hydrogen) atoms. The van der Waals surface area contributed by atoms with Gasteiger partial charge >= 0.3 is 0 Å². The molecule has 1 aliphatic heterocycles. The van der Waals surface area contributed by atoms with Crippen molar-refractivity contribution in [2.45, 2.75) is 32.2 Å². The fourth-order valence-corrected chi connectivity index (χ4v) is 2.30. The van der Waals surface area contributed by atoms with Gasteiger partial charge in [-0.3, -0.25) is 0 Å². The van der Waals surface area contributed by atoms with Crippen LogP contribution in [0.5, 0.6) is 0 Å². The molecule has 0 amide bonds. The Morgan fingerprint density at radius 2 is 1.93 bits per heavy atom. The first-order valence-corrected chi connectivity index (χ1v) is 6.20. The highest BCUT2D eigenvalue weighted by atomic mass is 15.1. The van der Waals surface area contributed by atoms with Crippen molar-refractivity contribution in [1.82, 2.24) is 9.80 Å². The third-order valence-corrected chi connectivity index (χ3v) is 3.23. The standard InChI is InChI=1S/C12H27N3/c1-11(13)4-7-15-8-5-12(6-9-15)10-14(2)3/h11-12H,4-10,13H2,1-3H3. The molecule has 0 spiro atoms. The van der Waals surface area contributed by atoms with Gasteiger partial charge in [-0.25, -0.2) is 0 Å². The van der Waals surface area contributed by atoms with Crippen LogP contribution < -0.4 is 5.73 Å². The second-order valence-corrected chi connectivity index (χ2v) is 5.31. The molecule has 0 aromatic rings. The van der Waals surface area contributed by atoms with E-state index in [1.807, 2.05) is 0 Å². The van der Waals surface area contributed by atoms with E-state index in [1.165, 1.54) is 39.0 Å². The molecule has 1 fully saturated rings. The van der Waals surface area contributed by atoms with Crippen LogP contribution in [0, 0.1) is 5.92 Å². The zero-order valence-electron chi connectivity index (χ0n) is 10.6. The summed E-state index contributed by atoms with van der Waals surface area (Å²) in [5.74, 6) is 0.909. The monoisotopic (exact) mass is 213 g/mol. The van der Waals surface area contributed by atoms with Gasteiger partial charge in [-0.2, -0.15) is 0 Å². The summed E-state index contributed by atoms with van der Waals surface area (Å²) in [6.45, 7) is 7.07. The molecule has 0 aromatic heterocycles. The van der Waals surface area contributed by atoms with Gasteiger partial charge in [0.25, 0.3) is 0 Å². The van der Waals surface area contributed by atoms with Gasteiger partial charge in [0, 0.05) is 12.6 Å². The Balaban J connectivity index is 2.12. The largest absolute Gasteiger partial charge is 0.328 e. The molecule has 0 aliphatic carbocycles. The van der Waals surface area contributed by atoms with Crippen molar-refractivity contribution in [2.75, 3.05) is 40.3 Å². The number of piperidine rings is 1. The lowest BCUT2D eigenvalue weighted by atomic mass is 9.96. The summed E-state index contributed by atoms with van der Waals surface area (Å²) in [6.07, 6.45) is 3.85. The van der Waals surface area contributed by atoms with Crippen molar-refractivity contribution in [1.29, 1.82) is 0 Å². The van der Waals surface area contributed by atoms with Crippen LogP contribution in [0.1, 0.15) is 26.2 Å². The van der Waals surface area contributed by atoms with Crippen LogP contribution in [0.2, 0.25) is 0 Å². The Labute approximate surface area is 94.6 Å². The predicted molar refractivity (Wildman–Crippen MR) is 66.0 cm³/mol. The van der Waals surface area contributed by atoms with Crippen molar-refractivity contribution in [3.8, 4) is 0 Å². The molecule has 1 unspecified atom stereocenters. The second-order valence-electron chi connectivity index (χ2n) is 5.31. The molecule has 90 valence electrons. The molecule has 1 rings (SSSR count). The lowest BCUT2D eigenvalue weighted by Gasteiger charge is -2.33. The number of likely N-dealkylation sites (tertiary alicyclic amines) is 1. The van der Waals surface area contributed by atoms with Gasteiger partial charge in [-0.15, -0.1) is 0 Å². The lowest BCUT2D eigenvalue weighted by molar-refractivity contribution is 0.159. The summed E-state index contributed by atoms with van der Waals surface area (Å²) in [4.78, 5) is 4.87. The van der Waals surface area contributed by atoms with E-state index in [2.05, 4.69) is 30.8 Å². The smallest absolute Gasteiger partial charge is 0.00226 e. The highest BCUT2D eigenvalue weighted by Crippen LogP contribution is 2.17. The number of hydrogen-bond acceptors (Lipinski definition) is 3. The average molecular weight is 213 g/mol. The summed E-state index contributed by atoms with van der Waals surface area (Å²) >= 11 is 0. The molecule has 0 bridgehead atoms. The third kappa shape index (κ3) is 5.50. The van der Waals surface area contributed by atoms with E-state index in [0.29, 0.717) is 6.04 Å². The predicted octanol–water partition coefficient (Wildman–Crippen LogP) is 0.997. The lowest BCUT2D eigenvalue weighted by Crippen LogP contribution is -2.38. The molecule has 1 saturated heterocycles. The Hall–Kier alpha value is -0.120. The fraction of sp³-hybridized carbons (Fsp3) is 1.00. The summed E-state index contributed by atoms with van der Waals surface area (Å²) in [5, 5.41) is 0. The number of nitrogens with zero attached hydrogens (tertiary/aromatic N) is 2. The van der Waals surface area contributed by atoms with Gasteiger partial charge in [-0.1, -0.05) is 0 Å². The first-order valence-electron chi connectivity index (χ1n) is 6.20. The van der Waals surface area contributed by atoms with E-state index in [1.54, 1.807) is 0 Å². The van der Waals surface area contributed by atoms with Crippen LogP contribution in [-0.4, -0.2) is 56.1 Å². The highest BCUT2D eigenvalue weighted by molar-refractivity contribution is 4.74. The molecule has 2 N–H and O–H groups in total. The topological polar surface area (TPSA) is 32.5 Å². The van der Waals surface area contributed by atoms with Crippen molar-refractivity contribution >= 4 is 0 Å². The minimum Gasteiger partial charge on any atom is -0.328 e. The molecular formula is C12H27N3. The maximum Gasteiger partial charge on any atom is 0.00226 e. The molecule has 1 aliphatic rings. The maximum absolute atomic E-state index is 5.77. The van der Waals surface area contributed by atoms with Crippen molar-refractivity contribution in [2.24, 2.45) is 11.7 Å². The van der Waals surface area contributed by atoms with Crippen molar-refractivity contribution in [3.05, 3.63) is 0 Å². The van der Waals surface area contributed by atoms with E-state index >= 15 is 0 Å². The molecule has 3 heteroatoms. The zero-order chi connectivity index (χ0) is 11.3. The Kier molecular flexibility index (Phi) is 5.58. The van der Waals surface area contributed by atoms with Gasteiger partial charge in [0.15, 0.2) is 0 Å². The van der Waals surface area contributed by atoms with E-state index in [4.69, 9.17) is 5.73 Å². The van der Waals surface area contributed by atoms with Gasteiger partial charge in [0.05, 0.1) is 0 Å². The highest BCUT2D eigenvalue weighted by Gasteiger charge is 2.19. The second kappa shape index (κ2) is 6.46. The average Bonchev–Trinajstić information content (AvgIpc) is 2.16. The van der Waals surface area contributed by atoms with Crippen LogP contribution in [0.15, 0.2) is 0 Å². The molecule has 0 saturated carbocycles. The number of nitrogens with two attached hydrogens (primary N) is 1. The van der Waals surface area contributed by atoms with Crippen LogP contribution in [-0.2, 0) is 0 Å². The Morgan fingerprint density at radius 3 is 2.40 bits per heavy atom. The van der Waals surface area contributed by atoms with Gasteiger partial charge < -0.3 is 15.5 Å². The van der Waals surface area contributed by atoms with E-state index in [-0.39, 0.29) is 0 Å². The van der Waals surface area contributed by atoms with Crippen LogP contribution in [0.25, 0.3) is 0 Å². The molecule has 3 nitrogen and oxygen atoms in total. The molecule has 1 atom stereocenters. The summed E-state index contributed by atoms with van der Waals surface area (Å²) < 4.78 is 0. The van der Waals surface area contributed by atoms with E-state index in [0.717, 1.165) is 12.3 Å². The molecular weight excluding hydrogens is 186 g/mol.